The van der Waals surface area contributed by atoms with Gasteiger partial charge in [-0.05, 0) is 62.2 Å². The number of nitrogens with one attached hydrogen (secondary N) is 1. The maximum Gasteiger partial charge on any atom is 0.252 e. The summed E-state index contributed by atoms with van der Waals surface area (Å²) >= 11 is 1.46. The zero-order valence-corrected chi connectivity index (χ0v) is 21.4. The third-order valence-electron chi connectivity index (χ3n) is 6.69. The number of ether oxygens (including phenoxy) is 1. The van der Waals surface area contributed by atoms with Crippen molar-refractivity contribution in [3.8, 4) is 5.75 Å². The average molecular weight is 497 g/mol. The van der Waals surface area contributed by atoms with Gasteiger partial charge in [-0.25, -0.2) is 0 Å². The van der Waals surface area contributed by atoms with Gasteiger partial charge in [-0.15, -0.1) is 11.8 Å². The standard InChI is InChI=1S/C27H36N4O3S/c1-34-23-11-9-22(10-12-23)30-19-17-29(18-20-30)14-6-13-28-27(33)24-7-2-3-8-25(24)35-21-26(32)31-15-4-5-16-31/h2-3,7-12H,4-6,13-21H2,1H3,(H,28,33). The third-order valence-corrected chi connectivity index (χ3v) is 7.75. The smallest absolute Gasteiger partial charge is 0.252 e. The van der Waals surface area contributed by atoms with Crippen molar-refractivity contribution >= 4 is 29.3 Å². The summed E-state index contributed by atoms with van der Waals surface area (Å²) < 4.78 is 5.25. The number of carbonyl (C=O) groups is 2. The van der Waals surface area contributed by atoms with Crippen LogP contribution in [0.5, 0.6) is 5.75 Å². The molecule has 8 heteroatoms. The first-order chi connectivity index (χ1) is 17.1. The van der Waals surface area contributed by atoms with Crippen LogP contribution in [-0.4, -0.2) is 86.8 Å². The summed E-state index contributed by atoms with van der Waals surface area (Å²) in [5.41, 5.74) is 1.89. The molecule has 1 N–H and O–H groups in total. The first-order valence-corrected chi connectivity index (χ1v) is 13.5. The Labute approximate surface area is 212 Å². The Balaban J connectivity index is 1.16. The van der Waals surface area contributed by atoms with Crippen LogP contribution >= 0.6 is 11.8 Å². The molecule has 2 aromatic rings. The van der Waals surface area contributed by atoms with Crippen LogP contribution in [0, 0.1) is 0 Å². The van der Waals surface area contributed by atoms with Crippen molar-refractivity contribution < 1.29 is 14.3 Å². The number of anilines is 1. The number of carbonyl (C=O) groups excluding carboxylic acids is 2. The lowest BCUT2D eigenvalue weighted by Crippen LogP contribution is -2.47. The van der Waals surface area contributed by atoms with Gasteiger partial charge in [0.25, 0.3) is 5.91 Å². The van der Waals surface area contributed by atoms with E-state index in [-0.39, 0.29) is 11.8 Å². The predicted molar refractivity (Wildman–Crippen MR) is 142 cm³/mol. The Kier molecular flexibility index (Phi) is 9.31. The Hall–Kier alpha value is -2.71. The van der Waals surface area contributed by atoms with Crippen molar-refractivity contribution in [3.05, 3.63) is 54.1 Å². The number of hydrogen-bond donors (Lipinski definition) is 1. The second-order valence-corrected chi connectivity index (χ2v) is 10.0. The molecule has 2 amide bonds. The maximum atomic E-state index is 12.8. The molecule has 2 heterocycles. The summed E-state index contributed by atoms with van der Waals surface area (Å²) in [5.74, 6) is 1.36. The number of likely N-dealkylation sites (tertiary alicyclic amines) is 1. The zero-order valence-electron chi connectivity index (χ0n) is 20.6. The first-order valence-electron chi connectivity index (χ1n) is 12.5. The Morgan fingerprint density at radius 2 is 1.66 bits per heavy atom. The molecule has 0 aromatic heterocycles. The molecule has 0 unspecified atom stereocenters. The monoisotopic (exact) mass is 496 g/mol. The highest BCUT2D eigenvalue weighted by molar-refractivity contribution is 8.00. The lowest BCUT2D eigenvalue weighted by Gasteiger charge is -2.36. The van der Waals surface area contributed by atoms with Crippen molar-refractivity contribution in [2.75, 3.05) is 70.1 Å². The summed E-state index contributed by atoms with van der Waals surface area (Å²) in [7, 11) is 1.69. The van der Waals surface area contributed by atoms with Crippen LogP contribution in [0.25, 0.3) is 0 Å². The van der Waals surface area contributed by atoms with Crippen molar-refractivity contribution in [3.63, 3.8) is 0 Å². The van der Waals surface area contributed by atoms with Gasteiger partial charge < -0.3 is 19.9 Å². The number of amides is 2. The Morgan fingerprint density at radius 3 is 2.37 bits per heavy atom. The number of hydrogen-bond acceptors (Lipinski definition) is 6. The van der Waals surface area contributed by atoms with Crippen LogP contribution in [0.4, 0.5) is 5.69 Å². The van der Waals surface area contributed by atoms with Crippen LogP contribution in [0.2, 0.25) is 0 Å². The molecule has 4 rings (SSSR count). The molecule has 2 aliphatic heterocycles. The molecule has 188 valence electrons. The molecule has 0 aliphatic carbocycles. The molecule has 2 aromatic carbocycles. The van der Waals surface area contributed by atoms with Crippen LogP contribution in [0.1, 0.15) is 29.6 Å². The van der Waals surface area contributed by atoms with Crippen molar-refractivity contribution in [1.82, 2.24) is 15.1 Å². The molecule has 35 heavy (non-hydrogen) atoms. The summed E-state index contributed by atoms with van der Waals surface area (Å²) in [6, 6.07) is 15.8. The second kappa shape index (κ2) is 12.8. The predicted octanol–water partition coefficient (Wildman–Crippen LogP) is 3.35. The minimum Gasteiger partial charge on any atom is -0.497 e. The van der Waals surface area contributed by atoms with E-state index in [2.05, 4.69) is 27.2 Å². The van der Waals surface area contributed by atoms with E-state index in [1.54, 1.807) is 7.11 Å². The quantitative estimate of drug-likeness (QED) is 0.402. The molecule has 7 nitrogen and oxygen atoms in total. The molecule has 0 atom stereocenters. The van der Waals surface area contributed by atoms with Crippen LogP contribution in [0.3, 0.4) is 0 Å². The van der Waals surface area contributed by atoms with Crippen molar-refractivity contribution in [2.24, 2.45) is 0 Å². The number of nitrogens with zero attached hydrogens (tertiary/aromatic N) is 3. The van der Waals surface area contributed by atoms with Gasteiger partial charge in [-0.1, -0.05) is 12.1 Å². The third kappa shape index (κ3) is 7.15. The molecular formula is C27H36N4O3S. The van der Waals surface area contributed by atoms with Gasteiger partial charge in [0.2, 0.25) is 5.91 Å². The van der Waals surface area contributed by atoms with E-state index in [1.807, 2.05) is 41.3 Å². The van der Waals surface area contributed by atoms with Gasteiger partial charge in [0.15, 0.2) is 0 Å². The van der Waals surface area contributed by atoms with E-state index >= 15 is 0 Å². The first kappa shape index (κ1) is 25.4. The topological polar surface area (TPSA) is 65.1 Å². The molecule has 2 fully saturated rings. The normalized spacial score (nSPS) is 16.4. The SMILES string of the molecule is COc1ccc(N2CCN(CCCNC(=O)c3ccccc3SCC(=O)N3CCCC3)CC2)cc1. The lowest BCUT2D eigenvalue weighted by atomic mass is 10.2. The fourth-order valence-corrected chi connectivity index (χ4v) is 5.55. The van der Waals surface area contributed by atoms with E-state index in [9.17, 15) is 9.59 Å². The van der Waals surface area contributed by atoms with Gasteiger partial charge in [-0.3, -0.25) is 14.5 Å². The minimum absolute atomic E-state index is 0.0638. The Morgan fingerprint density at radius 1 is 0.943 bits per heavy atom. The van der Waals surface area contributed by atoms with Gasteiger partial charge in [0.05, 0.1) is 18.4 Å². The van der Waals surface area contributed by atoms with Crippen molar-refractivity contribution in [2.45, 2.75) is 24.2 Å². The molecule has 0 radical (unpaired) electrons. The minimum atomic E-state index is -0.0638. The van der Waals surface area contributed by atoms with E-state index in [1.165, 1.54) is 17.4 Å². The fourth-order valence-electron chi connectivity index (χ4n) is 4.60. The van der Waals surface area contributed by atoms with Crippen LogP contribution in [-0.2, 0) is 4.79 Å². The van der Waals surface area contributed by atoms with E-state index in [0.717, 1.165) is 75.7 Å². The van der Waals surface area contributed by atoms with Gasteiger partial charge >= 0.3 is 0 Å². The molecule has 0 saturated carbocycles. The summed E-state index contributed by atoms with van der Waals surface area (Å²) in [4.78, 5) is 32.8. The van der Waals surface area contributed by atoms with Gasteiger partial charge in [-0.2, -0.15) is 0 Å². The average Bonchev–Trinajstić information content (AvgIpc) is 3.46. The van der Waals surface area contributed by atoms with Gasteiger partial charge in [0.1, 0.15) is 5.75 Å². The molecule has 2 aliphatic rings. The fraction of sp³-hybridized carbons (Fsp3) is 0.481. The second-order valence-electron chi connectivity index (χ2n) is 9.01. The number of thioether (sulfide) groups is 1. The highest BCUT2D eigenvalue weighted by atomic mass is 32.2. The largest absolute Gasteiger partial charge is 0.497 e. The van der Waals surface area contributed by atoms with E-state index in [0.29, 0.717) is 17.9 Å². The molecule has 0 bridgehead atoms. The number of methoxy groups -OCH3 is 1. The highest BCUT2D eigenvalue weighted by Gasteiger charge is 2.20. The van der Waals surface area contributed by atoms with E-state index in [4.69, 9.17) is 4.74 Å². The zero-order chi connectivity index (χ0) is 24.5. The molecule has 2 saturated heterocycles. The Bertz CT molecular complexity index is 971. The number of benzene rings is 2. The summed E-state index contributed by atoms with van der Waals surface area (Å²) in [6.07, 6.45) is 3.10. The van der Waals surface area contributed by atoms with Crippen molar-refractivity contribution in [1.29, 1.82) is 0 Å². The summed E-state index contributed by atoms with van der Waals surface area (Å²) in [5, 5.41) is 3.07. The molecule has 0 spiro atoms. The van der Waals surface area contributed by atoms with Crippen LogP contribution in [0.15, 0.2) is 53.4 Å². The molecular weight excluding hydrogens is 460 g/mol. The maximum absolute atomic E-state index is 12.8. The van der Waals surface area contributed by atoms with Gasteiger partial charge in [0, 0.05) is 56.4 Å². The summed E-state index contributed by atoms with van der Waals surface area (Å²) in [6.45, 7) is 7.37. The lowest BCUT2D eigenvalue weighted by molar-refractivity contribution is -0.127. The van der Waals surface area contributed by atoms with Crippen LogP contribution < -0.4 is 15.0 Å². The number of rotatable bonds is 10. The number of piperazine rings is 1. The van der Waals surface area contributed by atoms with E-state index < -0.39 is 0 Å². The highest BCUT2D eigenvalue weighted by Crippen LogP contribution is 2.24.